The van der Waals surface area contributed by atoms with Crippen LogP contribution in [0.5, 0.6) is 0 Å². The minimum Gasteiger partial charge on any atom is -0.396 e. The Morgan fingerprint density at radius 2 is 1.94 bits per heavy atom. The average Bonchev–Trinajstić information content (AvgIpc) is 2.86. The van der Waals surface area contributed by atoms with Gasteiger partial charge < -0.3 is 16.2 Å². The van der Waals surface area contributed by atoms with Crippen molar-refractivity contribution in [2.45, 2.75) is 46.0 Å². The van der Waals surface area contributed by atoms with Crippen LogP contribution in [0.4, 0.5) is 0 Å². The van der Waals surface area contributed by atoms with E-state index in [9.17, 15) is 9.90 Å². The number of carbonyl (C=O) groups excluding carboxylic acids is 1. The number of hydrogen-bond donors (Lipinski definition) is 3. The third kappa shape index (κ3) is 3.23. The van der Waals surface area contributed by atoms with E-state index in [1.54, 1.807) is 0 Å². The Balaban J connectivity index is 2.49. The summed E-state index contributed by atoms with van der Waals surface area (Å²) in [7, 11) is 0. The molecule has 1 aliphatic carbocycles. The van der Waals surface area contributed by atoms with Gasteiger partial charge in [0.15, 0.2) is 0 Å². The molecule has 18 heavy (non-hydrogen) atoms. The van der Waals surface area contributed by atoms with E-state index in [0.29, 0.717) is 24.9 Å². The van der Waals surface area contributed by atoms with Crippen molar-refractivity contribution in [3.63, 3.8) is 0 Å². The number of aliphatic hydroxyl groups is 1. The molecule has 0 aromatic heterocycles. The highest BCUT2D eigenvalue weighted by molar-refractivity contribution is 5.82. The highest BCUT2D eigenvalue weighted by atomic mass is 16.3. The van der Waals surface area contributed by atoms with Crippen LogP contribution in [-0.2, 0) is 4.79 Å². The summed E-state index contributed by atoms with van der Waals surface area (Å²) in [5, 5.41) is 12.3. The van der Waals surface area contributed by atoms with Gasteiger partial charge >= 0.3 is 0 Å². The summed E-state index contributed by atoms with van der Waals surface area (Å²) >= 11 is 0. The molecule has 2 unspecified atom stereocenters. The van der Waals surface area contributed by atoms with E-state index < -0.39 is 5.41 Å². The van der Waals surface area contributed by atoms with Crippen LogP contribution in [0.2, 0.25) is 0 Å². The van der Waals surface area contributed by atoms with Gasteiger partial charge in [-0.25, -0.2) is 0 Å². The standard InChI is InChI=1S/C14H28N2O2/c1-3-14(4-2,10-15)13(18)16-8-11-6-5-7-12(11)9-17/h11-12,17H,3-10,15H2,1-2H3,(H,16,18). The molecule has 0 aromatic carbocycles. The normalized spacial score (nSPS) is 24.2. The molecule has 4 nitrogen and oxygen atoms in total. The molecule has 1 rings (SSSR count). The number of hydrogen-bond acceptors (Lipinski definition) is 3. The van der Waals surface area contributed by atoms with Crippen molar-refractivity contribution in [2.24, 2.45) is 23.0 Å². The lowest BCUT2D eigenvalue weighted by molar-refractivity contribution is -0.131. The van der Waals surface area contributed by atoms with Gasteiger partial charge in [0.05, 0.1) is 5.41 Å². The van der Waals surface area contributed by atoms with Crippen molar-refractivity contribution < 1.29 is 9.90 Å². The third-order valence-corrected chi connectivity index (χ3v) is 4.80. The van der Waals surface area contributed by atoms with E-state index in [2.05, 4.69) is 5.32 Å². The largest absolute Gasteiger partial charge is 0.396 e. The second-order valence-corrected chi connectivity index (χ2v) is 5.54. The maximum absolute atomic E-state index is 12.3. The molecule has 2 atom stereocenters. The molecule has 106 valence electrons. The quantitative estimate of drug-likeness (QED) is 0.642. The summed E-state index contributed by atoms with van der Waals surface area (Å²) in [6, 6.07) is 0. The molecule has 0 aliphatic heterocycles. The lowest BCUT2D eigenvalue weighted by atomic mass is 9.81. The SMILES string of the molecule is CCC(CC)(CN)C(=O)NCC1CCCC1CO. The van der Waals surface area contributed by atoms with E-state index in [0.717, 1.165) is 32.1 Å². The van der Waals surface area contributed by atoms with Crippen LogP contribution in [0.1, 0.15) is 46.0 Å². The monoisotopic (exact) mass is 256 g/mol. The Labute approximate surface area is 110 Å². The van der Waals surface area contributed by atoms with E-state index in [4.69, 9.17) is 5.73 Å². The number of nitrogens with one attached hydrogen (secondary N) is 1. The fraction of sp³-hybridized carbons (Fsp3) is 0.929. The Morgan fingerprint density at radius 3 is 2.44 bits per heavy atom. The van der Waals surface area contributed by atoms with E-state index in [1.807, 2.05) is 13.8 Å². The van der Waals surface area contributed by atoms with Gasteiger partial charge in [0.1, 0.15) is 0 Å². The molecule has 1 fully saturated rings. The maximum Gasteiger partial charge on any atom is 0.227 e. The Bertz CT molecular complexity index is 256. The third-order valence-electron chi connectivity index (χ3n) is 4.80. The predicted molar refractivity (Wildman–Crippen MR) is 73.0 cm³/mol. The smallest absolute Gasteiger partial charge is 0.227 e. The molecule has 4 N–H and O–H groups in total. The zero-order valence-electron chi connectivity index (χ0n) is 11.7. The van der Waals surface area contributed by atoms with Gasteiger partial charge in [-0.05, 0) is 37.5 Å². The van der Waals surface area contributed by atoms with Crippen LogP contribution in [0.15, 0.2) is 0 Å². The van der Waals surface area contributed by atoms with Crippen molar-refractivity contribution in [1.29, 1.82) is 0 Å². The molecular weight excluding hydrogens is 228 g/mol. The zero-order chi connectivity index (χ0) is 13.6. The summed E-state index contributed by atoms with van der Waals surface area (Å²) in [6.07, 6.45) is 4.91. The van der Waals surface area contributed by atoms with Gasteiger partial charge in [0.2, 0.25) is 5.91 Å². The first-order valence-corrected chi connectivity index (χ1v) is 7.22. The number of nitrogens with two attached hydrogens (primary N) is 1. The number of amides is 1. The predicted octanol–water partition coefficient (Wildman–Crippen LogP) is 1.28. The molecule has 1 aliphatic rings. The first-order chi connectivity index (χ1) is 8.63. The van der Waals surface area contributed by atoms with Crippen LogP contribution in [0.3, 0.4) is 0 Å². The highest BCUT2D eigenvalue weighted by Crippen LogP contribution is 2.31. The molecular formula is C14H28N2O2. The first-order valence-electron chi connectivity index (χ1n) is 7.22. The van der Waals surface area contributed by atoms with Gasteiger partial charge in [-0.3, -0.25) is 4.79 Å². The Hall–Kier alpha value is -0.610. The van der Waals surface area contributed by atoms with Crippen LogP contribution >= 0.6 is 0 Å². The topological polar surface area (TPSA) is 75.4 Å². The van der Waals surface area contributed by atoms with Gasteiger partial charge in [0.25, 0.3) is 0 Å². The van der Waals surface area contributed by atoms with Crippen LogP contribution < -0.4 is 11.1 Å². The molecule has 4 heteroatoms. The second-order valence-electron chi connectivity index (χ2n) is 5.54. The van der Waals surface area contributed by atoms with Crippen LogP contribution in [0.25, 0.3) is 0 Å². The first kappa shape index (κ1) is 15.4. The van der Waals surface area contributed by atoms with Crippen molar-refractivity contribution in [3.8, 4) is 0 Å². The van der Waals surface area contributed by atoms with Crippen molar-refractivity contribution >= 4 is 5.91 Å². The highest BCUT2D eigenvalue weighted by Gasteiger charge is 2.34. The maximum atomic E-state index is 12.3. The van der Waals surface area contributed by atoms with Crippen LogP contribution in [-0.4, -0.2) is 30.7 Å². The summed E-state index contributed by atoms with van der Waals surface area (Å²) < 4.78 is 0. The molecule has 0 bridgehead atoms. The van der Waals surface area contributed by atoms with Crippen LogP contribution in [0, 0.1) is 17.3 Å². The number of carbonyl (C=O) groups is 1. The molecule has 0 spiro atoms. The van der Waals surface area contributed by atoms with Gasteiger partial charge in [-0.1, -0.05) is 20.3 Å². The van der Waals surface area contributed by atoms with Crippen molar-refractivity contribution in [3.05, 3.63) is 0 Å². The van der Waals surface area contributed by atoms with E-state index >= 15 is 0 Å². The van der Waals surface area contributed by atoms with Crippen molar-refractivity contribution in [1.82, 2.24) is 5.32 Å². The summed E-state index contributed by atoms with van der Waals surface area (Å²) in [6.45, 7) is 5.36. The lowest BCUT2D eigenvalue weighted by Crippen LogP contribution is -2.46. The summed E-state index contributed by atoms with van der Waals surface area (Å²) in [4.78, 5) is 12.3. The zero-order valence-corrected chi connectivity index (χ0v) is 11.7. The fourth-order valence-electron chi connectivity index (χ4n) is 2.99. The van der Waals surface area contributed by atoms with E-state index in [1.165, 1.54) is 0 Å². The van der Waals surface area contributed by atoms with Crippen molar-refractivity contribution in [2.75, 3.05) is 19.7 Å². The number of aliphatic hydroxyl groups excluding tert-OH is 1. The Kier molecular flexibility index (Phi) is 6.09. The molecule has 1 amide bonds. The Morgan fingerprint density at radius 1 is 1.33 bits per heavy atom. The molecule has 0 heterocycles. The minimum atomic E-state index is -0.409. The molecule has 0 aromatic rings. The lowest BCUT2D eigenvalue weighted by Gasteiger charge is -2.29. The minimum absolute atomic E-state index is 0.0820. The summed E-state index contributed by atoms with van der Waals surface area (Å²) in [5.74, 6) is 0.877. The summed E-state index contributed by atoms with van der Waals surface area (Å²) in [5.41, 5.74) is 5.36. The molecule has 0 saturated heterocycles. The number of rotatable bonds is 7. The second kappa shape index (κ2) is 7.10. The average molecular weight is 256 g/mol. The van der Waals surface area contributed by atoms with Gasteiger partial charge in [-0.15, -0.1) is 0 Å². The molecule has 0 radical (unpaired) electrons. The van der Waals surface area contributed by atoms with Gasteiger partial charge in [0, 0.05) is 19.7 Å². The fourth-order valence-corrected chi connectivity index (χ4v) is 2.99. The van der Waals surface area contributed by atoms with E-state index in [-0.39, 0.29) is 12.5 Å². The molecule has 1 saturated carbocycles. The van der Waals surface area contributed by atoms with Gasteiger partial charge in [-0.2, -0.15) is 0 Å².